The van der Waals surface area contributed by atoms with E-state index in [1.807, 2.05) is 60.7 Å². The van der Waals surface area contributed by atoms with Crippen LogP contribution < -0.4 is 20.1 Å². The lowest BCUT2D eigenvalue weighted by Gasteiger charge is -2.28. The Labute approximate surface area is 248 Å². The van der Waals surface area contributed by atoms with Crippen LogP contribution in [0.1, 0.15) is 61.9 Å². The molecule has 0 aliphatic carbocycles. The summed E-state index contributed by atoms with van der Waals surface area (Å²) in [7, 11) is -4.01. The van der Waals surface area contributed by atoms with Crippen molar-refractivity contribution in [3.05, 3.63) is 102 Å². The number of ether oxygens (including phenoxy) is 1. The Bertz CT molecular complexity index is 1630. The summed E-state index contributed by atoms with van der Waals surface area (Å²) >= 11 is 0. The molecule has 0 bridgehead atoms. The average Bonchev–Trinajstić information content (AvgIpc) is 2.99. The molecule has 9 heteroatoms. The first-order chi connectivity index (χ1) is 20.3. The summed E-state index contributed by atoms with van der Waals surface area (Å²) in [5.74, 6) is 1.17. The van der Waals surface area contributed by atoms with Crippen molar-refractivity contribution in [2.75, 3.05) is 13.2 Å². The summed E-state index contributed by atoms with van der Waals surface area (Å²) in [6, 6.07) is 24.8. The van der Waals surface area contributed by atoms with Crippen molar-refractivity contribution in [1.29, 1.82) is 0 Å². The Kier molecular flexibility index (Phi) is 9.51. The summed E-state index contributed by atoms with van der Waals surface area (Å²) in [6.07, 6.45) is 1.68. The van der Waals surface area contributed by atoms with Crippen molar-refractivity contribution >= 4 is 26.8 Å². The van der Waals surface area contributed by atoms with Crippen molar-refractivity contribution in [2.24, 2.45) is 5.92 Å². The van der Waals surface area contributed by atoms with Crippen LogP contribution >= 0.6 is 0 Å². The van der Waals surface area contributed by atoms with Gasteiger partial charge in [-0.25, -0.2) is 18.1 Å². The molecule has 0 saturated heterocycles. The van der Waals surface area contributed by atoms with Crippen LogP contribution in [0.25, 0.3) is 10.9 Å². The van der Waals surface area contributed by atoms with E-state index in [9.17, 15) is 13.2 Å². The van der Waals surface area contributed by atoms with Gasteiger partial charge < -0.3 is 15.4 Å². The number of nitrogens with one attached hydrogen (secondary N) is 3. The molecule has 2 heterocycles. The molecule has 1 aromatic heterocycles. The van der Waals surface area contributed by atoms with Gasteiger partial charge in [0.15, 0.2) is 5.03 Å². The van der Waals surface area contributed by atoms with Gasteiger partial charge in [-0.15, -0.1) is 0 Å². The van der Waals surface area contributed by atoms with Crippen molar-refractivity contribution in [3.63, 3.8) is 0 Å². The van der Waals surface area contributed by atoms with Crippen LogP contribution in [0.5, 0.6) is 5.75 Å². The predicted octanol–water partition coefficient (Wildman–Crippen LogP) is 5.42. The Balaban J connectivity index is 1.28. The van der Waals surface area contributed by atoms with Gasteiger partial charge in [-0.05, 0) is 54.3 Å². The zero-order valence-corrected chi connectivity index (χ0v) is 24.9. The molecule has 0 saturated carbocycles. The molecular weight excluding hydrogens is 548 g/mol. The zero-order chi connectivity index (χ0) is 29.5. The Morgan fingerprint density at radius 2 is 1.79 bits per heavy atom. The third-order valence-corrected chi connectivity index (χ3v) is 8.79. The van der Waals surface area contributed by atoms with Crippen LogP contribution in [0, 0.1) is 5.92 Å². The molecule has 0 spiro atoms. The maximum atomic E-state index is 13.4. The predicted molar refractivity (Wildman–Crippen MR) is 164 cm³/mol. The van der Waals surface area contributed by atoms with Gasteiger partial charge in [0.25, 0.3) is 10.0 Å². The number of sulfonamides is 1. The summed E-state index contributed by atoms with van der Waals surface area (Å²) in [4.78, 5) is 17.7. The van der Waals surface area contributed by atoms with Crippen LogP contribution in [0.4, 0.5) is 0 Å². The maximum Gasteiger partial charge on any atom is 0.258 e. The number of benzene rings is 3. The van der Waals surface area contributed by atoms with E-state index in [1.165, 1.54) is 6.07 Å². The summed E-state index contributed by atoms with van der Waals surface area (Å²) in [6.45, 7) is 6.62. The molecule has 1 aliphatic rings. The van der Waals surface area contributed by atoms with Crippen LogP contribution in [0.15, 0.2) is 90.0 Å². The number of hydrogen-bond donors (Lipinski definition) is 3. The molecule has 1 amide bonds. The van der Waals surface area contributed by atoms with Crippen molar-refractivity contribution < 1.29 is 17.9 Å². The van der Waals surface area contributed by atoms with E-state index < -0.39 is 16.1 Å². The minimum atomic E-state index is -4.01. The second-order valence-corrected chi connectivity index (χ2v) is 12.8. The first-order valence-electron chi connectivity index (χ1n) is 14.5. The number of aromatic nitrogens is 1. The fourth-order valence-electron chi connectivity index (χ4n) is 5.11. The molecule has 3 N–H and O–H groups in total. The third-order valence-electron chi connectivity index (χ3n) is 7.42. The molecule has 3 aromatic carbocycles. The molecule has 0 radical (unpaired) electrons. The summed E-state index contributed by atoms with van der Waals surface area (Å²) < 4.78 is 35.5. The summed E-state index contributed by atoms with van der Waals surface area (Å²) in [5.41, 5.74) is 3.34. The number of amides is 1. The lowest BCUT2D eigenvalue weighted by Crippen LogP contribution is -2.37. The highest BCUT2D eigenvalue weighted by Crippen LogP contribution is 2.33. The standard InChI is InChI=1S/C33H38N4O4S/c1-23(2)16-18-34-22-24-12-14-27-29(17-19-41-31(27)20-24)35-32(38)21-30(25-8-4-3-5-9-25)37-42(39,40)33-15-13-26-10-6-7-11-28(26)36-33/h3-15,20,23,29-30,34,37H,16-19,21-22H2,1-2H3,(H,35,38). The van der Waals surface area contributed by atoms with Gasteiger partial charge in [0.05, 0.1) is 24.2 Å². The van der Waals surface area contributed by atoms with Gasteiger partial charge in [0.2, 0.25) is 5.91 Å². The number of nitrogens with zero attached hydrogens (tertiary/aromatic N) is 1. The summed E-state index contributed by atoms with van der Waals surface area (Å²) in [5, 5.41) is 7.36. The third kappa shape index (κ3) is 7.53. The molecule has 4 aromatic rings. The minimum absolute atomic E-state index is 0.0681. The Morgan fingerprint density at radius 1 is 1.00 bits per heavy atom. The van der Waals surface area contributed by atoms with E-state index in [0.717, 1.165) is 41.8 Å². The highest BCUT2D eigenvalue weighted by Gasteiger charge is 2.28. The smallest absolute Gasteiger partial charge is 0.258 e. The van der Waals surface area contributed by atoms with Gasteiger partial charge >= 0.3 is 0 Å². The fourth-order valence-corrected chi connectivity index (χ4v) is 6.29. The molecule has 0 fully saturated rings. The number of carbonyl (C=O) groups is 1. The topological polar surface area (TPSA) is 109 Å². The molecule has 5 rings (SSSR count). The van der Waals surface area contributed by atoms with E-state index in [0.29, 0.717) is 30.0 Å². The van der Waals surface area contributed by atoms with Crippen LogP contribution in [0.2, 0.25) is 0 Å². The largest absolute Gasteiger partial charge is 0.493 e. The van der Waals surface area contributed by atoms with Gasteiger partial charge in [0, 0.05) is 30.3 Å². The van der Waals surface area contributed by atoms with Crippen LogP contribution in [0.3, 0.4) is 0 Å². The van der Waals surface area contributed by atoms with E-state index in [-0.39, 0.29) is 23.4 Å². The fraction of sp³-hybridized carbons (Fsp3) is 0.333. The number of pyridine rings is 1. The second kappa shape index (κ2) is 13.5. The van der Waals surface area contributed by atoms with E-state index in [4.69, 9.17) is 4.74 Å². The highest BCUT2D eigenvalue weighted by atomic mass is 32.2. The lowest BCUT2D eigenvalue weighted by molar-refractivity contribution is -0.122. The SMILES string of the molecule is CC(C)CCNCc1ccc2c(c1)OCCC2NC(=O)CC(NS(=O)(=O)c1ccc2ccccc2n1)c1ccccc1. The molecule has 220 valence electrons. The van der Waals surface area contributed by atoms with Crippen molar-refractivity contribution in [3.8, 4) is 5.75 Å². The van der Waals surface area contributed by atoms with Gasteiger partial charge in [0.1, 0.15) is 5.75 Å². The van der Waals surface area contributed by atoms with Gasteiger partial charge in [-0.2, -0.15) is 0 Å². The van der Waals surface area contributed by atoms with Gasteiger partial charge in [-0.3, -0.25) is 4.79 Å². The lowest BCUT2D eigenvalue weighted by atomic mass is 9.98. The van der Waals surface area contributed by atoms with Crippen molar-refractivity contribution in [2.45, 2.75) is 56.8 Å². The van der Waals surface area contributed by atoms with Crippen LogP contribution in [-0.2, 0) is 21.4 Å². The highest BCUT2D eigenvalue weighted by molar-refractivity contribution is 7.89. The molecule has 42 heavy (non-hydrogen) atoms. The Hall–Kier alpha value is -3.79. The average molecular weight is 587 g/mol. The number of fused-ring (bicyclic) bond motifs is 2. The number of carbonyl (C=O) groups excluding carboxylic acids is 1. The zero-order valence-electron chi connectivity index (χ0n) is 24.0. The van der Waals surface area contributed by atoms with Crippen LogP contribution in [-0.4, -0.2) is 32.5 Å². The molecular formula is C33H38N4O4S. The van der Waals surface area contributed by atoms with Crippen molar-refractivity contribution in [1.82, 2.24) is 20.3 Å². The Morgan fingerprint density at radius 3 is 2.60 bits per heavy atom. The van der Waals surface area contributed by atoms with E-state index >= 15 is 0 Å². The monoisotopic (exact) mass is 586 g/mol. The minimum Gasteiger partial charge on any atom is -0.493 e. The first-order valence-corrected chi connectivity index (χ1v) is 16.0. The van der Waals surface area contributed by atoms with E-state index in [2.05, 4.69) is 40.3 Å². The molecule has 8 nitrogen and oxygen atoms in total. The second-order valence-electron chi connectivity index (χ2n) is 11.1. The maximum absolute atomic E-state index is 13.4. The normalized spacial score (nSPS) is 15.6. The molecule has 2 atom stereocenters. The van der Waals surface area contributed by atoms with E-state index in [1.54, 1.807) is 12.1 Å². The molecule has 1 aliphatic heterocycles. The number of rotatable bonds is 12. The van der Waals surface area contributed by atoms with Gasteiger partial charge in [-0.1, -0.05) is 74.5 Å². The molecule has 2 unspecified atom stereocenters. The number of hydrogen-bond acceptors (Lipinski definition) is 6. The first kappa shape index (κ1) is 29.7. The quantitative estimate of drug-likeness (QED) is 0.191. The number of para-hydroxylation sites is 1.